The lowest BCUT2D eigenvalue weighted by atomic mass is 10.0. The molecular formula is C11H11N3S2. The molecule has 5 heteroatoms. The Balaban J connectivity index is 1.87. The van der Waals surface area contributed by atoms with E-state index in [2.05, 4.69) is 39.8 Å². The first kappa shape index (κ1) is 10.1. The van der Waals surface area contributed by atoms with Gasteiger partial charge < -0.3 is 5.32 Å². The first-order valence-electron chi connectivity index (χ1n) is 5.18. The van der Waals surface area contributed by atoms with Crippen LogP contribution in [0.25, 0.3) is 0 Å². The molecule has 1 N–H and O–H groups in total. The lowest BCUT2D eigenvalue weighted by Gasteiger charge is -2.25. The summed E-state index contributed by atoms with van der Waals surface area (Å²) in [5.41, 5.74) is 3.14. The van der Waals surface area contributed by atoms with Gasteiger partial charge >= 0.3 is 0 Å². The Kier molecular flexibility index (Phi) is 2.80. The minimum Gasteiger partial charge on any atom is -0.353 e. The van der Waals surface area contributed by atoms with Crippen LogP contribution in [0, 0.1) is 0 Å². The fraction of sp³-hybridized carbons (Fsp3) is 0.273. The highest BCUT2D eigenvalue weighted by Crippen LogP contribution is 2.37. The molecule has 0 saturated carbocycles. The number of rotatable bonds is 2. The van der Waals surface area contributed by atoms with Crippen molar-refractivity contribution in [2.24, 2.45) is 0 Å². The topological polar surface area (TPSA) is 37.8 Å². The molecule has 0 aliphatic carbocycles. The molecule has 1 atom stereocenters. The number of hydrogen-bond donors (Lipinski definition) is 1. The summed E-state index contributed by atoms with van der Waals surface area (Å²) in [4.78, 5) is 1.38. The number of aromatic nitrogens is 2. The van der Waals surface area contributed by atoms with Gasteiger partial charge in [-0.1, -0.05) is 29.5 Å². The zero-order chi connectivity index (χ0) is 10.8. The maximum atomic E-state index is 4.03. The average molecular weight is 249 g/mol. The lowest BCUT2D eigenvalue weighted by Crippen LogP contribution is -2.15. The van der Waals surface area contributed by atoms with Crippen LogP contribution in [0.2, 0.25) is 0 Å². The van der Waals surface area contributed by atoms with Crippen molar-refractivity contribution < 1.29 is 0 Å². The van der Waals surface area contributed by atoms with Crippen LogP contribution >= 0.6 is 23.1 Å². The van der Waals surface area contributed by atoms with Crippen LogP contribution in [0.15, 0.2) is 34.7 Å². The van der Waals surface area contributed by atoms with Crippen molar-refractivity contribution >= 4 is 28.2 Å². The summed E-state index contributed by atoms with van der Waals surface area (Å²) in [7, 11) is 0. The number of nitrogens with one attached hydrogen (secondary N) is 1. The van der Waals surface area contributed by atoms with Gasteiger partial charge in [-0.3, -0.25) is 0 Å². The van der Waals surface area contributed by atoms with E-state index < -0.39 is 0 Å². The molecule has 1 aromatic carbocycles. The van der Waals surface area contributed by atoms with Crippen LogP contribution in [-0.2, 0) is 0 Å². The molecule has 0 radical (unpaired) electrons. The third-order valence-electron chi connectivity index (χ3n) is 2.62. The van der Waals surface area contributed by atoms with Gasteiger partial charge in [-0.25, -0.2) is 0 Å². The largest absolute Gasteiger partial charge is 0.353 e. The molecular weight excluding hydrogens is 238 g/mol. The number of thioether (sulfide) groups is 1. The predicted octanol–water partition coefficient (Wildman–Crippen LogP) is 3.19. The number of nitrogens with zero attached hydrogens (tertiary/aromatic N) is 2. The molecule has 0 saturated heterocycles. The van der Waals surface area contributed by atoms with Crippen LogP contribution < -0.4 is 5.32 Å². The number of anilines is 1. The summed E-state index contributed by atoms with van der Waals surface area (Å²) in [5, 5.41) is 12.2. The fourth-order valence-electron chi connectivity index (χ4n) is 1.88. The SMILES string of the molecule is c1ccc2c(c1)SCCC2Nc1nncs1. The van der Waals surface area contributed by atoms with E-state index in [-0.39, 0.29) is 0 Å². The molecule has 0 spiro atoms. The Hall–Kier alpha value is -1.07. The van der Waals surface area contributed by atoms with Crippen LogP contribution in [0.5, 0.6) is 0 Å². The molecule has 1 unspecified atom stereocenters. The van der Waals surface area contributed by atoms with E-state index in [0.29, 0.717) is 6.04 Å². The third kappa shape index (κ3) is 1.92. The van der Waals surface area contributed by atoms with Crippen LogP contribution in [0.1, 0.15) is 18.0 Å². The minimum atomic E-state index is 0.380. The smallest absolute Gasteiger partial charge is 0.205 e. The molecule has 82 valence electrons. The van der Waals surface area contributed by atoms with E-state index in [0.717, 1.165) is 17.3 Å². The Morgan fingerprint density at radius 2 is 2.25 bits per heavy atom. The van der Waals surface area contributed by atoms with Crippen molar-refractivity contribution in [1.82, 2.24) is 10.2 Å². The Bertz CT molecular complexity index is 470. The Morgan fingerprint density at radius 1 is 1.31 bits per heavy atom. The van der Waals surface area contributed by atoms with Gasteiger partial charge in [0.1, 0.15) is 5.51 Å². The molecule has 2 heterocycles. The Morgan fingerprint density at radius 3 is 3.12 bits per heavy atom. The highest BCUT2D eigenvalue weighted by Gasteiger charge is 2.20. The second kappa shape index (κ2) is 4.43. The monoisotopic (exact) mass is 249 g/mol. The fourth-order valence-corrected chi connectivity index (χ4v) is 3.50. The van der Waals surface area contributed by atoms with Crippen molar-refractivity contribution in [3.8, 4) is 0 Å². The number of benzene rings is 1. The van der Waals surface area contributed by atoms with Gasteiger partial charge in [0.25, 0.3) is 0 Å². The summed E-state index contributed by atoms with van der Waals surface area (Å²) in [6.45, 7) is 0. The van der Waals surface area contributed by atoms with Gasteiger partial charge in [-0.05, 0) is 18.1 Å². The number of fused-ring (bicyclic) bond motifs is 1. The van der Waals surface area contributed by atoms with Gasteiger partial charge in [-0.15, -0.1) is 22.0 Å². The maximum absolute atomic E-state index is 4.03. The molecule has 0 bridgehead atoms. The maximum Gasteiger partial charge on any atom is 0.205 e. The molecule has 16 heavy (non-hydrogen) atoms. The zero-order valence-corrected chi connectivity index (χ0v) is 10.2. The summed E-state index contributed by atoms with van der Waals surface area (Å²) < 4.78 is 0. The Labute approximate surface area is 102 Å². The summed E-state index contributed by atoms with van der Waals surface area (Å²) >= 11 is 3.48. The molecule has 3 rings (SSSR count). The summed E-state index contributed by atoms with van der Waals surface area (Å²) in [5.74, 6) is 1.16. The molecule has 2 aromatic rings. The zero-order valence-electron chi connectivity index (χ0n) is 8.59. The van der Waals surface area contributed by atoms with Crippen molar-refractivity contribution in [2.45, 2.75) is 17.4 Å². The molecule has 0 fully saturated rings. The van der Waals surface area contributed by atoms with Gasteiger partial charge in [-0.2, -0.15) is 0 Å². The van der Waals surface area contributed by atoms with Gasteiger partial charge in [0, 0.05) is 10.6 Å². The first-order valence-corrected chi connectivity index (χ1v) is 7.04. The highest BCUT2D eigenvalue weighted by atomic mass is 32.2. The average Bonchev–Trinajstić information content (AvgIpc) is 2.82. The van der Waals surface area contributed by atoms with Gasteiger partial charge in [0.05, 0.1) is 6.04 Å². The standard InChI is InChI=1S/C11H11N3S2/c1-2-4-10-8(3-1)9(5-6-15-10)13-11-14-12-7-16-11/h1-4,7,9H,5-6H2,(H,13,14). The van der Waals surface area contributed by atoms with E-state index in [1.54, 1.807) is 16.8 Å². The lowest BCUT2D eigenvalue weighted by molar-refractivity contribution is 0.725. The van der Waals surface area contributed by atoms with E-state index in [9.17, 15) is 0 Å². The highest BCUT2D eigenvalue weighted by molar-refractivity contribution is 7.99. The predicted molar refractivity (Wildman–Crippen MR) is 68.1 cm³/mol. The number of hydrogen-bond acceptors (Lipinski definition) is 5. The summed E-state index contributed by atoms with van der Waals surface area (Å²) in [6.07, 6.45) is 1.14. The molecule has 1 aromatic heterocycles. The quantitative estimate of drug-likeness (QED) is 0.887. The molecule has 3 nitrogen and oxygen atoms in total. The molecule has 1 aliphatic rings. The van der Waals surface area contributed by atoms with Gasteiger partial charge in [0.15, 0.2) is 0 Å². The van der Waals surface area contributed by atoms with E-state index in [1.807, 2.05) is 11.8 Å². The van der Waals surface area contributed by atoms with E-state index >= 15 is 0 Å². The minimum absolute atomic E-state index is 0.380. The second-order valence-electron chi connectivity index (χ2n) is 3.62. The normalized spacial score (nSPS) is 19.1. The van der Waals surface area contributed by atoms with Crippen LogP contribution in [0.4, 0.5) is 5.13 Å². The third-order valence-corrected chi connectivity index (χ3v) is 4.36. The van der Waals surface area contributed by atoms with Crippen molar-refractivity contribution in [3.63, 3.8) is 0 Å². The van der Waals surface area contributed by atoms with Crippen molar-refractivity contribution in [2.75, 3.05) is 11.1 Å². The second-order valence-corrected chi connectivity index (χ2v) is 5.59. The van der Waals surface area contributed by atoms with Gasteiger partial charge in [0.2, 0.25) is 5.13 Å². The molecule has 1 aliphatic heterocycles. The van der Waals surface area contributed by atoms with E-state index in [1.165, 1.54) is 10.5 Å². The van der Waals surface area contributed by atoms with Crippen LogP contribution in [-0.4, -0.2) is 16.0 Å². The first-order chi connectivity index (χ1) is 7.93. The van der Waals surface area contributed by atoms with E-state index in [4.69, 9.17) is 0 Å². The van der Waals surface area contributed by atoms with Crippen molar-refractivity contribution in [3.05, 3.63) is 35.3 Å². The summed E-state index contributed by atoms with van der Waals surface area (Å²) in [6, 6.07) is 8.96. The van der Waals surface area contributed by atoms with Crippen molar-refractivity contribution in [1.29, 1.82) is 0 Å². The molecule has 0 amide bonds. The van der Waals surface area contributed by atoms with Crippen LogP contribution in [0.3, 0.4) is 0 Å².